The van der Waals surface area contributed by atoms with Gasteiger partial charge in [-0.1, -0.05) is 35.6 Å². The first-order chi connectivity index (χ1) is 15.5. The van der Waals surface area contributed by atoms with Gasteiger partial charge in [0.05, 0.1) is 43.2 Å². The maximum atomic E-state index is 13.5. The van der Waals surface area contributed by atoms with Crippen LogP contribution in [0.2, 0.25) is 0 Å². The Labute approximate surface area is 188 Å². The van der Waals surface area contributed by atoms with Crippen molar-refractivity contribution in [2.45, 2.75) is 13.0 Å². The number of methoxy groups -OCH3 is 3. The molecule has 0 bridgehead atoms. The van der Waals surface area contributed by atoms with E-state index in [2.05, 4.69) is 4.99 Å². The Hall–Kier alpha value is -3.65. The van der Waals surface area contributed by atoms with Crippen molar-refractivity contribution in [1.82, 2.24) is 4.57 Å². The zero-order valence-corrected chi connectivity index (χ0v) is 18.9. The molecule has 1 aliphatic heterocycles. The molecule has 0 N–H and O–H groups in total. The number of hydrogen-bond donors (Lipinski definition) is 0. The van der Waals surface area contributed by atoms with Crippen molar-refractivity contribution in [3.05, 3.63) is 90.6 Å². The Morgan fingerprint density at radius 1 is 1.06 bits per heavy atom. The molecule has 0 saturated heterocycles. The molecule has 1 aromatic heterocycles. The summed E-state index contributed by atoms with van der Waals surface area (Å²) in [5.41, 5.74) is 2.21. The first kappa shape index (κ1) is 21.6. The molecule has 7 nitrogen and oxygen atoms in total. The molecule has 4 rings (SSSR count). The zero-order valence-electron chi connectivity index (χ0n) is 18.1. The van der Waals surface area contributed by atoms with E-state index in [0.29, 0.717) is 32.1 Å². The van der Waals surface area contributed by atoms with Gasteiger partial charge >= 0.3 is 5.97 Å². The van der Waals surface area contributed by atoms with Gasteiger partial charge in [0.15, 0.2) is 4.80 Å². The van der Waals surface area contributed by atoms with Crippen molar-refractivity contribution in [3.63, 3.8) is 0 Å². The molecule has 0 spiro atoms. The lowest BCUT2D eigenvalue weighted by Crippen LogP contribution is -2.39. The maximum absolute atomic E-state index is 13.5. The summed E-state index contributed by atoms with van der Waals surface area (Å²) in [6.07, 6.45) is 1.80. The Balaban J connectivity index is 1.94. The second-order valence-electron chi connectivity index (χ2n) is 7.12. The summed E-state index contributed by atoms with van der Waals surface area (Å²) < 4.78 is 17.6. The molecule has 8 heteroatoms. The van der Waals surface area contributed by atoms with Crippen LogP contribution in [0.4, 0.5) is 0 Å². The van der Waals surface area contributed by atoms with Gasteiger partial charge in [0.1, 0.15) is 11.5 Å². The second-order valence-corrected chi connectivity index (χ2v) is 8.13. The maximum Gasteiger partial charge on any atom is 0.338 e. The lowest BCUT2D eigenvalue weighted by molar-refractivity contribution is -0.136. The number of hydrogen-bond acceptors (Lipinski definition) is 7. The first-order valence-electron chi connectivity index (χ1n) is 9.85. The highest BCUT2D eigenvalue weighted by Crippen LogP contribution is 2.31. The molecule has 164 valence electrons. The molecule has 1 unspecified atom stereocenters. The van der Waals surface area contributed by atoms with Crippen molar-refractivity contribution < 1.29 is 19.0 Å². The number of thiazole rings is 1. The highest BCUT2D eigenvalue weighted by molar-refractivity contribution is 7.07. The highest BCUT2D eigenvalue weighted by Gasteiger charge is 2.33. The minimum absolute atomic E-state index is 0.230. The van der Waals surface area contributed by atoms with Gasteiger partial charge in [0, 0.05) is 0 Å². The molecule has 0 amide bonds. The number of allylic oxidation sites excluding steroid dienone is 1. The first-order valence-corrected chi connectivity index (χ1v) is 10.7. The predicted octanol–water partition coefficient (Wildman–Crippen LogP) is 2.43. The van der Waals surface area contributed by atoms with Crippen molar-refractivity contribution in [1.29, 1.82) is 0 Å². The van der Waals surface area contributed by atoms with Crippen molar-refractivity contribution in [3.8, 4) is 11.5 Å². The second kappa shape index (κ2) is 8.84. The third-order valence-corrected chi connectivity index (χ3v) is 6.23. The Kier molecular flexibility index (Phi) is 5.96. The van der Waals surface area contributed by atoms with E-state index < -0.39 is 12.0 Å². The van der Waals surface area contributed by atoms with Crippen LogP contribution < -0.4 is 24.4 Å². The quantitative estimate of drug-likeness (QED) is 0.558. The van der Waals surface area contributed by atoms with E-state index in [0.717, 1.165) is 11.1 Å². The van der Waals surface area contributed by atoms with Crippen LogP contribution >= 0.6 is 11.3 Å². The summed E-state index contributed by atoms with van der Waals surface area (Å²) >= 11 is 1.28. The Bertz CT molecular complexity index is 1380. The number of fused-ring (bicyclic) bond motifs is 1. The molecule has 0 aliphatic carbocycles. The fraction of sp³-hybridized carbons (Fsp3) is 0.208. The minimum atomic E-state index is -0.655. The molecule has 0 fully saturated rings. The molecular weight excluding hydrogens is 428 g/mol. The molecule has 2 heterocycles. The number of esters is 1. The fourth-order valence-corrected chi connectivity index (χ4v) is 4.72. The summed E-state index contributed by atoms with van der Waals surface area (Å²) in [4.78, 5) is 31.2. The smallest absolute Gasteiger partial charge is 0.338 e. The van der Waals surface area contributed by atoms with E-state index in [1.807, 2.05) is 36.4 Å². The van der Waals surface area contributed by atoms with Crippen LogP contribution in [0.15, 0.2) is 69.6 Å². The number of aromatic nitrogens is 1. The van der Waals surface area contributed by atoms with Crippen LogP contribution in [0.25, 0.3) is 6.08 Å². The largest absolute Gasteiger partial charge is 0.497 e. The number of nitrogens with zero attached hydrogens (tertiary/aromatic N) is 2. The summed E-state index contributed by atoms with van der Waals surface area (Å²) in [6.45, 7) is 1.75. The summed E-state index contributed by atoms with van der Waals surface area (Å²) in [5, 5.41) is 0. The van der Waals surface area contributed by atoms with Gasteiger partial charge in [-0.3, -0.25) is 9.36 Å². The summed E-state index contributed by atoms with van der Waals surface area (Å²) in [5.74, 6) is 0.861. The molecular formula is C24H22N2O5S. The highest BCUT2D eigenvalue weighted by atomic mass is 32.1. The number of benzene rings is 2. The third-order valence-electron chi connectivity index (χ3n) is 5.25. The van der Waals surface area contributed by atoms with Gasteiger partial charge in [0.25, 0.3) is 5.56 Å². The molecule has 0 saturated carbocycles. The van der Waals surface area contributed by atoms with Gasteiger partial charge in [0.2, 0.25) is 0 Å². The van der Waals surface area contributed by atoms with Crippen molar-refractivity contribution in [2.75, 3.05) is 21.3 Å². The number of rotatable bonds is 5. The van der Waals surface area contributed by atoms with Crippen LogP contribution in [0.5, 0.6) is 11.5 Å². The molecule has 32 heavy (non-hydrogen) atoms. The van der Waals surface area contributed by atoms with E-state index >= 15 is 0 Å². The molecule has 2 aromatic carbocycles. The standard InChI is InChI=1S/C24H22N2O5S/c1-14-20(23(28)31-4)21(16-8-10-17(29-2)11-9-16)26-22(27)19(32-24(26)25-14)13-15-6-5-7-18(12-15)30-3/h5-13,21H,1-4H3/b19-13+. The monoisotopic (exact) mass is 450 g/mol. The van der Waals surface area contributed by atoms with Gasteiger partial charge < -0.3 is 14.2 Å². The molecule has 1 aliphatic rings. The van der Waals surface area contributed by atoms with E-state index in [1.54, 1.807) is 43.9 Å². The van der Waals surface area contributed by atoms with E-state index in [4.69, 9.17) is 14.2 Å². The molecule has 0 radical (unpaired) electrons. The zero-order chi connectivity index (χ0) is 22.8. The van der Waals surface area contributed by atoms with Crippen LogP contribution in [0.3, 0.4) is 0 Å². The normalized spacial score (nSPS) is 15.8. The minimum Gasteiger partial charge on any atom is -0.497 e. The summed E-state index contributed by atoms with van der Waals surface area (Å²) in [6, 6.07) is 14.1. The third kappa shape index (κ3) is 3.85. The van der Waals surface area contributed by atoms with Gasteiger partial charge in [-0.25, -0.2) is 9.79 Å². The average molecular weight is 451 g/mol. The lowest BCUT2D eigenvalue weighted by Gasteiger charge is -2.24. The van der Waals surface area contributed by atoms with Gasteiger partial charge in [-0.15, -0.1) is 0 Å². The van der Waals surface area contributed by atoms with Crippen LogP contribution in [-0.4, -0.2) is 31.9 Å². The summed E-state index contributed by atoms with van der Waals surface area (Å²) in [7, 11) is 4.50. The van der Waals surface area contributed by atoms with E-state index in [1.165, 1.54) is 18.4 Å². The van der Waals surface area contributed by atoms with Crippen LogP contribution in [0.1, 0.15) is 24.1 Å². The Morgan fingerprint density at radius 3 is 2.44 bits per heavy atom. The SMILES string of the molecule is COC(=O)C1=C(C)N=c2s/c(=C/c3cccc(OC)c3)c(=O)n2C1c1ccc(OC)cc1. The van der Waals surface area contributed by atoms with E-state index in [9.17, 15) is 9.59 Å². The van der Waals surface area contributed by atoms with Gasteiger partial charge in [-0.05, 0) is 48.4 Å². The number of carbonyl (C=O) groups excluding carboxylic acids is 1. The molecule has 3 aromatic rings. The fourth-order valence-electron chi connectivity index (χ4n) is 3.68. The van der Waals surface area contributed by atoms with Crippen LogP contribution in [0, 0.1) is 0 Å². The van der Waals surface area contributed by atoms with Gasteiger partial charge in [-0.2, -0.15) is 0 Å². The molecule has 1 atom stereocenters. The topological polar surface area (TPSA) is 79.1 Å². The lowest BCUT2D eigenvalue weighted by atomic mass is 9.96. The predicted molar refractivity (Wildman–Crippen MR) is 122 cm³/mol. The number of carbonyl (C=O) groups is 1. The van der Waals surface area contributed by atoms with Crippen molar-refractivity contribution in [2.24, 2.45) is 4.99 Å². The number of ether oxygens (including phenoxy) is 3. The van der Waals surface area contributed by atoms with Crippen molar-refractivity contribution >= 4 is 23.4 Å². The van der Waals surface area contributed by atoms with E-state index in [-0.39, 0.29) is 5.56 Å². The average Bonchev–Trinajstić information content (AvgIpc) is 3.12. The Morgan fingerprint density at radius 2 is 1.78 bits per heavy atom. The van der Waals surface area contributed by atoms with Crippen LogP contribution in [-0.2, 0) is 9.53 Å².